The van der Waals surface area contributed by atoms with E-state index < -0.39 is 12.0 Å². The Balaban J connectivity index is 1.55. The van der Waals surface area contributed by atoms with Gasteiger partial charge in [0.1, 0.15) is 6.04 Å². The van der Waals surface area contributed by atoms with Gasteiger partial charge in [-0.3, -0.25) is 0 Å². The Hall–Kier alpha value is -0.950. The second-order valence-electron chi connectivity index (χ2n) is 5.83. The molecule has 0 bridgehead atoms. The lowest BCUT2D eigenvalue weighted by Crippen LogP contribution is -2.53. The number of piperidine rings is 1. The summed E-state index contributed by atoms with van der Waals surface area (Å²) in [4.78, 5) is 27.3. The summed E-state index contributed by atoms with van der Waals surface area (Å²) in [5, 5.41) is 12.2. The van der Waals surface area contributed by atoms with Crippen molar-refractivity contribution in [3.8, 4) is 0 Å². The predicted molar refractivity (Wildman–Crippen MR) is 76.7 cm³/mol. The molecule has 3 heterocycles. The molecule has 3 atom stereocenters. The molecule has 6 nitrogen and oxygen atoms in total. The molecular formula is C13H21N3O3S. The number of carbonyl (C=O) groups is 2. The van der Waals surface area contributed by atoms with E-state index in [1.165, 1.54) is 36.0 Å². The van der Waals surface area contributed by atoms with Crippen LogP contribution in [0.2, 0.25) is 0 Å². The van der Waals surface area contributed by atoms with Crippen LogP contribution >= 0.6 is 11.8 Å². The third kappa shape index (κ3) is 2.74. The van der Waals surface area contributed by atoms with Gasteiger partial charge in [-0.1, -0.05) is 0 Å². The topological polar surface area (TPSA) is 72.9 Å². The van der Waals surface area contributed by atoms with Crippen molar-refractivity contribution in [3.63, 3.8) is 0 Å². The van der Waals surface area contributed by atoms with Crippen LogP contribution in [0.3, 0.4) is 0 Å². The van der Waals surface area contributed by atoms with Gasteiger partial charge in [-0.15, -0.1) is 11.8 Å². The van der Waals surface area contributed by atoms with Crippen molar-refractivity contribution in [3.05, 3.63) is 0 Å². The lowest BCUT2D eigenvalue weighted by Gasteiger charge is -2.36. The molecule has 0 aromatic heterocycles. The fourth-order valence-electron chi connectivity index (χ4n) is 3.46. The Morgan fingerprint density at radius 2 is 2.10 bits per heavy atom. The van der Waals surface area contributed by atoms with Gasteiger partial charge < -0.3 is 20.2 Å². The highest BCUT2D eigenvalue weighted by Gasteiger charge is 2.37. The van der Waals surface area contributed by atoms with E-state index in [0.717, 1.165) is 19.4 Å². The lowest BCUT2D eigenvalue weighted by molar-refractivity contribution is -0.140. The van der Waals surface area contributed by atoms with Crippen LogP contribution in [0.5, 0.6) is 0 Å². The molecule has 3 fully saturated rings. The van der Waals surface area contributed by atoms with Gasteiger partial charge in [0.25, 0.3) is 0 Å². The fourth-order valence-corrected chi connectivity index (χ4v) is 4.61. The number of nitrogens with one attached hydrogen (secondary N) is 1. The maximum absolute atomic E-state index is 12.2. The number of carbonyl (C=O) groups excluding carboxylic acids is 1. The van der Waals surface area contributed by atoms with Crippen molar-refractivity contribution < 1.29 is 14.7 Å². The largest absolute Gasteiger partial charge is 0.480 e. The van der Waals surface area contributed by atoms with Gasteiger partial charge in [0.05, 0.1) is 5.88 Å². The minimum Gasteiger partial charge on any atom is -0.480 e. The van der Waals surface area contributed by atoms with Crippen LogP contribution in [0.1, 0.15) is 25.7 Å². The zero-order valence-electron chi connectivity index (χ0n) is 11.5. The van der Waals surface area contributed by atoms with Crippen LogP contribution in [-0.4, -0.2) is 69.8 Å². The molecule has 0 aromatic rings. The second-order valence-corrected chi connectivity index (χ2v) is 6.83. The summed E-state index contributed by atoms with van der Waals surface area (Å²) in [6, 6.07) is -0.0791. The van der Waals surface area contributed by atoms with E-state index in [2.05, 4.69) is 10.2 Å². The summed E-state index contributed by atoms with van der Waals surface area (Å²) in [5.41, 5.74) is 0. The van der Waals surface area contributed by atoms with Crippen LogP contribution in [0.15, 0.2) is 0 Å². The number of rotatable bonds is 2. The number of carboxylic acid groups (broad SMARTS) is 1. The highest BCUT2D eigenvalue weighted by Crippen LogP contribution is 2.27. The van der Waals surface area contributed by atoms with E-state index in [9.17, 15) is 9.59 Å². The van der Waals surface area contributed by atoms with E-state index in [0.29, 0.717) is 17.7 Å². The molecule has 0 spiro atoms. The van der Waals surface area contributed by atoms with Crippen molar-refractivity contribution >= 4 is 23.8 Å². The first-order chi connectivity index (χ1) is 9.65. The molecule has 3 rings (SSSR count). The highest BCUT2D eigenvalue weighted by molar-refractivity contribution is 7.99. The smallest absolute Gasteiger partial charge is 0.327 e. The maximum atomic E-state index is 12.2. The number of nitrogens with zero attached hydrogens (tertiary/aromatic N) is 2. The lowest BCUT2D eigenvalue weighted by atomic mass is 9.98. The van der Waals surface area contributed by atoms with E-state index in [1.54, 1.807) is 0 Å². The van der Waals surface area contributed by atoms with Crippen molar-refractivity contribution in [2.24, 2.45) is 0 Å². The molecule has 0 aromatic carbocycles. The van der Waals surface area contributed by atoms with Crippen molar-refractivity contribution in [2.75, 3.05) is 24.7 Å². The third-order valence-electron chi connectivity index (χ3n) is 4.58. The highest BCUT2D eigenvalue weighted by atomic mass is 32.2. The van der Waals surface area contributed by atoms with Crippen molar-refractivity contribution in [2.45, 2.75) is 43.8 Å². The number of amides is 2. The molecule has 2 N–H and O–H groups in total. The zero-order chi connectivity index (χ0) is 14.1. The Morgan fingerprint density at radius 1 is 1.25 bits per heavy atom. The zero-order valence-corrected chi connectivity index (χ0v) is 12.3. The van der Waals surface area contributed by atoms with Crippen molar-refractivity contribution in [1.29, 1.82) is 0 Å². The summed E-state index contributed by atoms with van der Waals surface area (Å²) in [6.07, 6.45) is 4.46. The quantitative estimate of drug-likeness (QED) is 0.788. The fraction of sp³-hybridized carbons (Fsp3) is 0.846. The van der Waals surface area contributed by atoms with Crippen LogP contribution in [0.25, 0.3) is 0 Å². The summed E-state index contributed by atoms with van der Waals surface area (Å²) in [6.45, 7) is 2.24. The molecule has 3 saturated heterocycles. The first-order valence-corrected chi connectivity index (χ1v) is 8.42. The van der Waals surface area contributed by atoms with Crippen LogP contribution in [0, 0.1) is 0 Å². The molecule has 112 valence electrons. The van der Waals surface area contributed by atoms with E-state index >= 15 is 0 Å². The molecule has 20 heavy (non-hydrogen) atoms. The third-order valence-corrected chi connectivity index (χ3v) is 5.59. The minimum atomic E-state index is -0.907. The molecule has 3 aliphatic heterocycles. The maximum Gasteiger partial charge on any atom is 0.327 e. The number of urea groups is 1. The van der Waals surface area contributed by atoms with Gasteiger partial charge >= 0.3 is 12.0 Å². The SMILES string of the molecule is O=C(O)C1CSCN1C(=O)NC1CCN2CCCC2C1. The van der Waals surface area contributed by atoms with Gasteiger partial charge in [0, 0.05) is 24.4 Å². The molecular weight excluding hydrogens is 278 g/mol. The van der Waals surface area contributed by atoms with Crippen molar-refractivity contribution in [1.82, 2.24) is 15.1 Å². The Kier molecular flexibility index (Phi) is 4.07. The average Bonchev–Trinajstić information content (AvgIpc) is 3.06. The average molecular weight is 299 g/mol. The number of fused-ring (bicyclic) bond motifs is 1. The molecule has 0 radical (unpaired) electrons. The molecule has 3 unspecified atom stereocenters. The molecule has 7 heteroatoms. The number of thioether (sulfide) groups is 1. The number of carboxylic acids is 1. The van der Waals surface area contributed by atoms with Gasteiger partial charge in [0.2, 0.25) is 0 Å². The molecule has 3 aliphatic rings. The van der Waals surface area contributed by atoms with Gasteiger partial charge in [-0.05, 0) is 32.2 Å². The van der Waals surface area contributed by atoms with Gasteiger partial charge in [-0.25, -0.2) is 9.59 Å². The Bertz CT molecular complexity index is 406. The van der Waals surface area contributed by atoms with Crippen LogP contribution < -0.4 is 5.32 Å². The first kappa shape index (κ1) is 14.0. The predicted octanol–water partition coefficient (Wildman–Crippen LogP) is 0.782. The van der Waals surface area contributed by atoms with Crippen LogP contribution in [0.4, 0.5) is 4.79 Å². The summed E-state index contributed by atoms with van der Waals surface area (Å²) in [5.74, 6) is 0.0605. The summed E-state index contributed by atoms with van der Waals surface area (Å²) >= 11 is 1.50. The normalized spacial score (nSPS) is 34.0. The van der Waals surface area contributed by atoms with E-state index in [-0.39, 0.29) is 12.1 Å². The number of hydrogen-bond acceptors (Lipinski definition) is 4. The van der Waals surface area contributed by atoms with Gasteiger partial charge in [0.15, 0.2) is 0 Å². The standard InChI is InChI=1S/C13H21N3O3S/c17-12(18)11-7-20-8-16(11)13(19)14-9-3-5-15-4-1-2-10(15)6-9/h9-11H,1-8H2,(H,14,19)(H,17,18). The van der Waals surface area contributed by atoms with E-state index in [1.807, 2.05) is 0 Å². The second kappa shape index (κ2) is 5.81. The molecule has 2 amide bonds. The summed E-state index contributed by atoms with van der Waals surface area (Å²) in [7, 11) is 0. The van der Waals surface area contributed by atoms with E-state index in [4.69, 9.17) is 5.11 Å². The Labute approximate surface area is 122 Å². The Morgan fingerprint density at radius 3 is 2.90 bits per heavy atom. The summed E-state index contributed by atoms with van der Waals surface area (Å²) < 4.78 is 0. The minimum absolute atomic E-state index is 0.196. The molecule has 0 aliphatic carbocycles. The first-order valence-electron chi connectivity index (χ1n) is 7.27. The number of aliphatic carboxylic acids is 1. The van der Waals surface area contributed by atoms with Gasteiger partial charge in [-0.2, -0.15) is 0 Å². The van der Waals surface area contributed by atoms with Crippen LogP contribution in [-0.2, 0) is 4.79 Å². The monoisotopic (exact) mass is 299 g/mol. The number of hydrogen-bond donors (Lipinski definition) is 2. The molecule has 0 saturated carbocycles.